The molecule has 0 aliphatic heterocycles. The standard InChI is InChI=1S/C19H19BrN2O4S3/c1-12-10-13(2)19(14(3)11-12)22-28(23,24)16-6-4-15(5-7-16)21-29(25,26)18-9-8-17(20)27-18/h4-11,21-22H,1-3H3. The van der Waals surface area contributed by atoms with Crippen LogP contribution in [0, 0.1) is 20.8 Å². The van der Waals surface area contributed by atoms with Crippen molar-refractivity contribution >= 4 is 58.7 Å². The van der Waals surface area contributed by atoms with Crippen molar-refractivity contribution < 1.29 is 16.8 Å². The minimum Gasteiger partial charge on any atom is -0.279 e. The van der Waals surface area contributed by atoms with Crippen LogP contribution < -0.4 is 9.44 Å². The minimum absolute atomic E-state index is 0.0405. The van der Waals surface area contributed by atoms with Gasteiger partial charge in [-0.1, -0.05) is 17.7 Å². The van der Waals surface area contributed by atoms with Gasteiger partial charge in [0, 0.05) is 5.69 Å². The van der Waals surface area contributed by atoms with Crippen LogP contribution in [-0.4, -0.2) is 16.8 Å². The van der Waals surface area contributed by atoms with E-state index in [4.69, 9.17) is 0 Å². The quantitative estimate of drug-likeness (QED) is 0.481. The van der Waals surface area contributed by atoms with Gasteiger partial charge in [0.05, 0.1) is 14.4 Å². The summed E-state index contributed by atoms with van der Waals surface area (Å²) in [4.78, 5) is 0.0405. The molecule has 29 heavy (non-hydrogen) atoms. The second-order valence-corrected chi connectivity index (χ2v) is 12.6. The van der Waals surface area contributed by atoms with E-state index in [1.165, 1.54) is 30.3 Å². The van der Waals surface area contributed by atoms with Crippen LogP contribution in [0.5, 0.6) is 0 Å². The molecule has 2 aromatic carbocycles. The summed E-state index contributed by atoms with van der Waals surface area (Å²) in [5.41, 5.74) is 3.53. The number of halogens is 1. The van der Waals surface area contributed by atoms with Crippen molar-refractivity contribution in [1.82, 2.24) is 0 Å². The lowest BCUT2D eigenvalue weighted by Crippen LogP contribution is -2.15. The number of hydrogen-bond donors (Lipinski definition) is 2. The average Bonchev–Trinajstić information content (AvgIpc) is 3.06. The monoisotopic (exact) mass is 514 g/mol. The Morgan fingerprint density at radius 2 is 1.38 bits per heavy atom. The number of nitrogens with one attached hydrogen (secondary N) is 2. The predicted octanol–water partition coefficient (Wildman–Crippen LogP) is 5.04. The van der Waals surface area contributed by atoms with E-state index >= 15 is 0 Å². The van der Waals surface area contributed by atoms with Gasteiger partial charge in [0.1, 0.15) is 4.21 Å². The number of rotatable bonds is 6. The molecule has 0 saturated carbocycles. The van der Waals surface area contributed by atoms with E-state index in [2.05, 4.69) is 25.4 Å². The summed E-state index contributed by atoms with van der Waals surface area (Å²) in [5.74, 6) is 0. The minimum atomic E-state index is -3.81. The Kier molecular flexibility index (Phi) is 6.09. The molecule has 0 spiro atoms. The van der Waals surface area contributed by atoms with E-state index in [0.717, 1.165) is 28.0 Å². The Hall–Kier alpha value is -1.88. The van der Waals surface area contributed by atoms with E-state index in [9.17, 15) is 16.8 Å². The topological polar surface area (TPSA) is 92.3 Å². The number of benzene rings is 2. The van der Waals surface area contributed by atoms with E-state index in [-0.39, 0.29) is 14.8 Å². The third-order valence-corrected chi connectivity index (χ3v) is 9.01. The highest BCUT2D eigenvalue weighted by Crippen LogP contribution is 2.29. The molecule has 154 valence electrons. The van der Waals surface area contributed by atoms with Crippen LogP contribution in [-0.2, 0) is 20.0 Å². The number of anilines is 2. The van der Waals surface area contributed by atoms with Gasteiger partial charge in [-0.3, -0.25) is 9.44 Å². The first-order chi connectivity index (χ1) is 13.5. The lowest BCUT2D eigenvalue weighted by molar-refractivity contribution is 0.600. The van der Waals surface area contributed by atoms with Crippen LogP contribution in [0.4, 0.5) is 11.4 Å². The van der Waals surface area contributed by atoms with Gasteiger partial charge in [-0.2, -0.15) is 0 Å². The van der Waals surface area contributed by atoms with Gasteiger partial charge >= 0.3 is 0 Å². The lowest BCUT2D eigenvalue weighted by Gasteiger charge is -2.14. The molecule has 3 aromatic rings. The fraction of sp³-hybridized carbons (Fsp3) is 0.158. The molecule has 0 unspecified atom stereocenters. The third kappa shape index (κ3) is 5.00. The van der Waals surface area contributed by atoms with Crippen molar-refractivity contribution in [3.05, 3.63) is 69.0 Å². The number of aryl methyl sites for hydroxylation is 3. The van der Waals surface area contributed by atoms with Gasteiger partial charge in [0.2, 0.25) is 0 Å². The first-order valence-electron chi connectivity index (χ1n) is 8.47. The van der Waals surface area contributed by atoms with Crippen molar-refractivity contribution in [3.8, 4) is 0 Å². The maximum atomic E-state index is 12.8. The van der Waals surface area contributed by atoms with Crippen LogP contribution in [0.25, 0.3) is 0 Å². The van der Waals surface area contributed by atoms with Crippen LogP contribution in [0.2, 0.25) is 0 Å². The fourth-order valence-corrected chi connectivity index (χ4v) is 7.16. The second kappa shape index (κ2) is 8.10. The Bertz CT molecular complexity index is 1240. The summed E-state index contributed by atoms with van der Waals surface area (Å²) in [5, 5.41) is 0. The molecule has 2 N–H and O–H groups in total. The molecule has 0 aliphatic rings. The molecule has 0 atom stereocenters. The summed E-state index contributed by atoms with van der Waals surface area (Å²) >= 11 is 4.32. The van der Waals surface area contributed by atoms with Gasteiger partial charge < -0.3 is 0 Å². The summed E-state index contributed by atoms with van der Waals surface area (Å²) in [6, 6.07) is 12.5. The normalized spacial score (nSPS) is 12.0. The molecule has 0 aliphatic carbocycles. The molecule has 1 aromatic heterocycles. The Labute approximate surface area is 183 Å². The van der Waals surface area contributed by atoms with E-state index in [1.54, 1.807) is 6.07 Å². The fourth-order valence-electron chi connectivity index (χ4n) is 2.88. The van der Waals surface area contributed by atoms with E-state index in [1.807, 2.05) is 32.9 Å². The second-order valence-electron chi connectivity index (χ2n) is 6.57. The first-order valence-corrected chi connectivity index (χ1v) is 13.0. The summed E-state index contributed by atoms with van der Waals surface area (Å²) in [6.07, 6.45) is 0. The zero-order valence-corrected chi connectivity index (χ0v) is 19.9. The largest absolute Gasteiger partial charge is 0.279 e. The van der Waals surface area contributed by atoms with Crippen LogP contribution >= 0.6 is 27.3 Å². The van der Waals surface area contributed by atoms with Gasteiger partial charge in [-0.15, -0.1) is 11.3 Å². The molecule has 6 nitrogen and oxygen atoms in total. The molecule has 3 rings (SSSR count). The Morgan fingerprint density at radius 3 is 1.90 bits per heavy atom. The first kappa shape index (κ1) is 21.8. The van der Waals surface area contributed by atoms with Gasteiger partial charge in [-0.05, 0) is 84.2 Å². The molecule has 10 heteroatoms. The van der Waals surface area contributed by atoms with Crippen molar-refractivity contribution in [3.63, 3.8) is 0 Å². The molecule has 0 saturated heterocycles. The zero-order valence-electron chi connectivity index (χ0n) is 15.9. The molecule has 0 radical (unpaired) electrons. The zero-order chi connectivity index (χ0) is 21.4. The van der Waals surface area contributed by atoms with Gasteiger partial charge in [0.15, 0.2) is 0 Å². The molecule has 0 bridgehead atoms. The molecule has 0 fully saturated rings. The maximum absolute atomic E-state index is 12.8. The third-order valence-electron chi connectivity index (χ3n) is 4.14. The van der Waals surface area contributed by atoms with Crippen molar-refractivity contribution in [2.45, 2.75) is 29.9 Å². The molecule has 0 amide bonds. The predicted molar refractivity (Wildman–Crippen MR) is 121 cm³/mol. The van der Waals surface area contributed by atoms with E-state index in [0.29, 0.717) is 9.47 Å². The van der Waals surface area contributed by atoms with Crippen molar-refractivity contribution in [2.24, 2.45) is 0 Å². The molecular formula is C19H19BrN2O4S3. The highest BCUT2D eigenvalue weighted by atomic mass is 79.9. The number of sulfonamides is 2. The Morgan fingerprint density at radius 1 is 0.793 bits per heavy atom. The lowest BCUT2D eigenvalue weighted by atomic mass is 10.1. The highest BCUT2D eigenvalue weighted by molar-refractivity contribution is 9.11. The van der Waals surface area contributed by atoms with Crippen LogP contribution in [0.15, 0.2) is 61.4 Å². The molecule has 1 heterocycles. The van der Waals surface area contributed by atoms with E-state index < -0.39 is 20.0 Å². The van der Waals surface area contributed by atoms with Crippen molar-refractivity contribution in [1.29, 1.82) is 0 Å². The maximum Gasteiger partial charge on any atom is 0.271 e. The average molecular weight is 515 g/mol. The SMILES string of the molecule is Cc1cc(C)c(NS(=O)(=O)c2ccc(NS(=O)(=O)c3ccc(Br)s3)cc2)c(C)c1. The van der Waals surface area contributed by atoms with Gasteiger partial charge in [-0.25, -0.2) is 16.8 Å². The summed E-state index contributed by atoms with van der Waals surface area (Å²) < 4.78 is 56.2. The number of thiophene rings is 1. The Balaban J connectivity index is 1.82. The van der Waals surface area contributed by atoms with Crippen molar-refractivity contribution in [2.75, 3.05) is 9.44 Å². The van der Waals surface area contributed by atoms with Gasteiger partial charge in [0.25, 0.3) is 20.0 Å². The van der Waals surface area contributed by atoms with Crippen LogP contribution in [0.3, 0.4) is 0 Å². The number of hydrogen-bond acceptors (Lipinski definition) is 5. The summed E-state index contributed by atoms with van der Waals surface area (Å²) in [6.45, 7) is 5.64. The highest BCUT2D eigenvalue weighted by Gasteiger charge is 2.19. The molecular weight excluding hydrogens is 496 g/mol. The van der Waals surface area contributed by atoms with Crippen LogP contribution in [0.1, 0.15) is 16.7 Å². The smallest absolute Gasteiger partial charge is 0.271 e. The summed E-state index contributed by atoms with van der Waals surface area (Å²) in [7, 11) is -7.54.